The Morgan fingerprint density at radius 3 is 2.06 bits per heavy atom. The van der Waals surface area contributed by atoms with Gasteiger partial charge in [-0.2, -0.15) is 0 Å². The summed E-state index contributed by atoms with van der Waals surface area (Å²) in [5, 5.41) is 0. The number of hydrogen-bond acceptors (Lipinski definition) is 3. The van der Waals surface area contributed by atoms with Crippen LogP contribution in [-0.4, -0.2) is 16.6 Å². The summed E-state index contributed by atoms with van der Waals surface area (Å²) >= 11 is 0. The summed E-state index contributed by atoms with van der Waals surface area (Å²) in [7, 11) is 0. The van der Waals surface area contributed by atoms with Crippen molar-refractivity contribution in [2.24, 2.45) is 0 Å². The highest BCUT2D eigenvalue weighted by molar-refractivity contribution is 5.55. The molecule has 2 rings (SSSR count). The highest BCUT2D eigenvalue weighted by Gasteiger charge is 2.03. The summed E-state index contributed by atoms with van der Waals surface area (Å²) in [6.45, 7) is 5.26. The van der Waals surface area contributed by atoms with Gasteiger partial charge in [0.2, 0.25) is 0 Å². The first-order valence-electron chi connectivity index (χ1n) is 12.5. The Morgan fingerprint density at radius 1 is 0.710 bits per heavy atom. The fourth-order valence-electron chi connectivity index (χ4n) is 3.55. The number of unbranched alkanes of at least 4 members (excludes halogenated alkanes) is 9. The van der Waals surface area contributed by atoms with Crippen molar-refractivity contribution < 1.29 is 4.74 Å². The maximum absolute atomic E-state index is 5.88. The number of rotatable bonds is 17. The predicted octanol–water partition coefficient (Wildman–Crippen LogP) is 8.34. The highest BCUT2D eigenvalue weighted by Crippen LogP contribution is 2.20. The van der Waals surface area contributed by atoms with Crippen LogP contribution >= 0.6 is 0 Å². The Morgan fingerprint density at radius 2 is 1.35 bits per heavy atom. The molecule has 0 aliphatic rings. The molecule has 0 unspecified atom stereocenters. The summed E-state index contributed by atoms with van der Waals surface area (Å²) in [4.78, 5) is 9.14. The van der Waals surface area contributed by atoms with Gasteiger partial charge in [0, 0.05) is 18.0 Å². The van der Waals surface area contributed by atoms with Crippen molar-refractivity contribution in [1.82, 2.24) is 9.97 Å². The number of benzene rings is 1. The lowest BCUT2D eigenvalue weighted by molar-refractivity contribution is 0.307. The number of hydrogen-bond donors (Lipinski definition) is 0. The number of allylic oxidation sites excluding steroid dienone is 2. The van der Waals surface area contributed by atoms with E-state index in [0.29, 0.717) is 0 Å². The molecule has 0 saturated heterocycles. The first-order valence-corrected chi connectivity index (χ1v) is 12.5. The van der Waals surface area contributed by atoms with E-state index in [0.717, 1.165) is 43.0 Å². The van der Waals surface area contributed by atoms with E-state index in [9.17, 15) is 0 Å². The van der Waals surface area contributed by atoms with Gasteiger partial charge in [-0.3, -0.25) is 0 Å². The molecule has 1 aromatic carbocycles. The van der Waals surface area contributed by atoms with E-state index in [1.54, 1.807) is 0 Å². The second-order valence-corrected chi connectivity index (χ2v) is 8.41. The third-order valence-electron chi connectivity index (χ3n) is 5.56. The van der Waals surface area contributed by atoms with E-state index >= 15 is 0 Å². The molecule has 1 heterocycles. The molecule has 3 nitrogen and oxygen atoms in total. The molecular weight excluding hydrogens is 380 g/mol. The van der Waals surface area contributed by atoms with Crippen LogP contribution in [0.1, 0.15) is 96.5 Å². The van der Waals surface area contributed by atoms with Crippen molar-refractivity contribution in [2.75, 3.05) is 6.61 Å². The average molecular weight is 423 g/mol. The van der Waals surface area contributed by atoms with Crippen molar-refractivity contribution in [3.8, 4) is 17.1 Å². The molecule has 170 valence electrons. The monoisotopic (exact) mass is 422 g/mol. The van der Waals surface area contributed by atoms with Gasteiger partial charge in [0.1, 0.15) is 5.75 Å². The second-order valence-electron chi connectivity index (χ2n) is 8.41. The number of ether oxygens (including phenoxy) is 1. The molecule has 0 bridgehead atoms. The van der Waals surface area contributed by atoms with Crippen LogP contribution in [0.5, 0.6) is 5.75 Å². The lowest BCUT2D eigenvalue weighted by Gasteiger charge is -2.07. The number of nitrogens with zero attached hydrogens (tertiary/aromatic N) is 2. The fraction of sp³-hybridized carbons (Fsp3) is 0.571. The van der Waals surface area contributed by atoms with Crippen LogP contribution in [0.4, 0.5) is 0 Å². The third-order valence-corrected chi connectivity index (χ3v) is 5.56. The van der Waals surface area contributed by atoms with Gasteiger partial charge < -0.3 is 4.74 Å². The van der Waals surface area contributed by atoms with Gasteiger partial charge in [-0.25, -0.2) is 9.97 Å². The second kappa shape index (κ2) is 16.5. The zero-order valence-electron chi connectivity index (χ0n) is 19.8. The van der Waals surface area contributed by atoms with Gasteiger partial charge in [-0.05, 0) is 68.4 Å². The molecule has 0 radical (unpaired) electrons. The molecule has 0 saturated carbocycles. The topological polar surface area (TPSA) is 35.0 Å². The van der Waals surface area contributed by atoms with E-state index in [2.05, 4.69) is 48.1 Å². The first kappa shape index (κ1) is 25.1. The molecule has 31 heavy (non-hydrogen) atoms. The minimum atomic E-state index is 0.770. The van der Waals surface area contributed by atoms with Crippen LogP contribution in [0.15, 0.2) is 48.8 Å². The molecule has 0 aliphatic carbocycles. The Labute approximate surface area is 190 Å². The van der Waals surface area contributed by atoms with Crippen LogP contribution in [0.25, 0.3) is 11.4 Å². The van der Waals surface area contributed by atoms with E-state index in [-0.39, 0.29) is 0 Å². The van der Waals surface area contributed by atoms with E-state index < -0.39 is 0 Å². The van der Waals surface area contributed by atoms with E-state index in [1.165, 1.54) is 69.8 Å². The Bertz CT molecular complexity index is 707. The van der Waals surface area contributed by atoms with Crippen LogP contribution in [0, 0.1) is 0 Å². The van der Waals surface area contributed by atoms with Crippen LogP contribution in [0.3, 0.4) is 0 Å². The summed E-state index contributed by atoms with van der Waals surface area (Å²) in [5.74, 6) is 1.70. The smallest absolute Gasteiger partial charge is 0.159 e. The summed E-state index contributed by atoms with van der Waals surface area (Å²) < 4.78 is 5.88. The molecule has 0 fully saturated rings. The van der Waals surface area contributed by atoms with Crippen molar-refractivity contribution in [3.63, 3.8) is 0 Å². The summed E-state index contributed by atoms with van der Waals surface area (Å²) in [5.41, 5.74) is 2.27. The minimum Gasteiger partial charge on any atom is -0.494 e. The minimum absolute atomic E-state index is 0.770. The number of aryl methyl sites for hydroxylation is 1. The van der Waals surface area contributed by atoms with Crippen LogP contribution in [-0.2, 0) is 6.42 Å². The molecule has 0 amide bonds. The number of aromatic nitrogens is 2. The molecule has 0 aliphatic heterocycles. The largest absolute Gasteiger partial charge is 0.494 e. The van der Waals surface area contributed by atoms with Crippen molar-refractivity contribution >= 4 is 0 Å². The molecule has 3 heteroatoms. The van der Waals surface area contributed by atoms with Gasteiger partial charge in [0.05, 0.1) is 6.61 Å². The highest BCUT2D eigenvalue weighted by atomic mass is 16.5. The average Bonchev–Trinajstić information content (AvgIpc) is 2.81. The molecule has 0 atom stereocenters. The third kappa shape index (κ3) is 11.1. The van der Waals surface area contributed by atoms with Crippen molar-refractivity contribution in [2.45, 2.75) is 97.3 Å². The Balaban J connectivity index is 1.65. The van der Waals surface area contributed by atoms with Gasteiger partial charge in [0.25, 0.3) is 0 Å². The molecule has 1 aromatic heterocycles. The quantitative estimate of drug-likeness (QED) is 0.190. The van der Waals surface area contributed by atoms with Crippen LogP contribution in [0.2, 0.25) is 0 Å². The normalized spacial score (nSPS) is 11.3. The maximum Gasteiger partial charge on any atom is 0.159 e. The van der Waals surface area contributed by atoms with Crippen molar-refractivity contribution in [3.05, 3.63) is 54.4 Å². The first-order chi connectivity index (χ1) is 15.3. The lowest BCUT2D eigenvalue weighted by atomic mass is 10.1. The Kier molecular flexibility index (Phi) is 13.4. The zero-order chi connectivity index (χ0) is 22.0. The Hall–Kier alpha value is -2.16. The summed E-state index contributed by atoms with van der Waals surface area (Å²) in [6, 6.07) is 8.14. The maximum atomic E-state index is 5.88. The van der Waals surface area contributed by atoms with Gasteiger partial charge >= 0.3 is 0 Å². The van der Waals surface area contributed by atoms with E-state index in [4.69, 9.17) is 4.74 Å². The van der Waals surface area contributed by atoms with Crippen molar-refractivity contribution in [1.29, 1.82) is 0 Å². The van der Waals surface area contributed by atoms with Gasteiger partial charge in [-0.15, -0.1) is 0 Å². The standard InChI is InChI=1S/C28H42N2O/c1-3-5-7-9-11-12-14-16-22-31-27-20-18-26(19-21-27)28-29-23-25(24-30-28)17-15-13-10-8-6-4-2/h9,11,18-21,23-24H,3-8,10,12-17,22H2,1-2H3. The predicted molar refractivity (Wildman–Crippen MR) is 133 cm³/mol. The molecule has 0 N–H and O–H groups in total. The lowest BCUT2D eigenvalue weighted by Crippen LogP contribution is -1.97. The molecule has 2 aromatic rings. The van der Waals surface area contributed by atoms with E-state index in [1.807, 2.05) is 24.5 Å². The SMILES string of the molecule is CCCCC=CCCCCOc1ccc(-c2ncc(CCCCCCCC)cn2)cc1. The summed E-state index contributed by atoms with van der Waals surface area (Å²) in [6.07, 6.45) is 24.8. The van der Waals surface area contributed by atoms with Gasteiger partial charge in [0.15, 0.2) is 5.82 Å². The van der Waals surface area contributed by atoms with Crippen LogP contribution < -0.4 is 4.74 Å². The molecular formula is C28H42N2O. The molecule has 0 spiro atoms. The van der Waals surface area contributed by atoms with Gasteiger partial charge in [-0.1, -0.05) is 70.9 Å². The fourth-order valence-corrected chi connectivity index (χ4v) is 3.55. The zero-order valence-corrected chi connectivity index (χ0v) is 19.8.